The molecule has 0 aliphatic heterocycles. The molecule has 2 aromatic rings. The Labute approximate surface area is 115 Å². The summed E-state index contributed by atoms with van der Waals surface area (Å²) in [7, 11) is 6.15. The number of halogens is 1. The van der Waals surface area contributed by atoms with E-state index in [1.807, 2.05) is 24.3 Å². The molecule has 0 unspecified atom stereocenters. The molecule has 0 nitrogen and oxygen atoms in total. The summed E-state index contributed by atoms with van der Waals surface area (Å²) < 4.78 is 0. The summed E-state index contributed by atoms with van der Waals surface area (Å²) in [6, 6.07) is 12.3. The van der Waals surface area contributed by atoms with Gasteiger partial charge in [0.25, 0.3) is 0 Å². The number of hydrogen-bond acceptors (Lipinski definition) is 0. The quantitative estimate of drug-likeness (QED) is 0.728. The van der Waals surface area contributed by atoms with Gasteiger partial charge in [0.05, 0.1) is 0 Å². The van der Waals surface area contributed by atoms with Crippen LogP contribution in [0.1, 0.15) is 25.0 Å². The zero-order chi connectivity index (χ0) is 13.1. The van der Waals surface area contributed by atoms with Crippen molar-refractivity contribution in [1.29, 1.82) is 0 Å². The van der Waals surface area contributed by atoms with Crippen LogP contribution in [-0.2, 0) is 12.8 Å². The number of benzene rings is 2. The molecule has 18 heavy (non-hydrogen) atoms. The highest BCUT2D eigenvalue weighted by Gasteiger charge is 2.06. The summed E-state index contributed by atoms with van der Waals surface area (Å²) in [5.41, 5.74) is 5.79. The van der Waals surface area contributed by atoms with E-state index in [1.54, 1.807) is 0 Å². The topological polar surface area (TPSA) is 0 Å². The van der Waals surface area contributed by atoms with Crippen LogP contribution >= 0.6 is 11.6 Å². The van der Waals surface area contributed by atoms with Gasteiger partial charge in [-0.2, -0.15) is 0 Å². The fourth-order valence-corrected chi connectivity index (χ4v) is 2.30. The molecule has 2 rings (SSSR count). The summed E-state index contributed by atoms with van der Waals surface area (Å²) in [6.45, 7) is 4.27. The Morgan fingerprint density at radius 3 is 1.83 bits per heavy atom. The van der Waals surface area contributed by atoms with Crippen molar-refractivity contribution >= 4 is 24.9 Å². The first-order valence-electron chi connectivity index (χ1n) is 6.33. The fraction of sp³-hybridized carbons (Fsp3) is 0.250. The minimum atomic E-state index is 0.764. The third-order valence-corrected chi connectivity index (χ3v) is 3.54. The van der Waals surface area contributed by atoms with Crippen molar-refractivity contribution in [2.45, 2.75) is 26.7 Å². The van der Waals surface area contributed by atoms with Crippen molar-refractivity contribution in [3.8, 4) is 11.1 Å². The lowest BCUT2D eigenvalue weighted by molar-refractivity contribution is 1.11. The lowest BCUT2D eigenvalue weighted by Crippen LogP contribution is -2.15. The van der Waals surface area contributed by atoms with Crippen LogP contribution in [0.3, 0.4) is 0 Å². The van der Waals surface area contributed by atoms with E-state index in [4.69, 9.17) is 19.4 Å². The molecule has 0 aromatic heterocycles. The van der Waals surface area contributed by atoms with Crippen LogP contribution in [0.5, 0.6) is 0 Å². The van der Waals surface area contributed by atoms with E-state index < -0.39 is 0 Å². The van der Waals surface area contributed by atoms with Gasteiger partial charge in [-0.15, -0.1) is 0 Å². The Morgan fingerprint density at radius 2 is 1.39 bits per heavy atom. The molecule has 0 aliphatic rings. The molecule has 2 aromatic carbocycles. The SMILES string of the molecule is [B]c1c(CC)cc(-c2ccc(Cl)cc2)cc1CC. The lowest BCUT2D eigenvalue weighted by atomic mass is 9.81. The van der Waals surface area contributed by atoms with Gasteiger partial charge in [0.2, 0.25) is 0 Å². The van der Waals surface area contributed by atoms with Gasteiger partial charge in [-0.25, -0.2) is 0 Å². The van der Waals surface area contributed by atoms with Crippen LogP contribution < -0.4 is 5.46 Å². The van der Waals surface area contributed by atoms with E-state index in [-0.39, 0.29) is 0 Å². The molecule has 2 radical (unpaired) electrons. The summed E-state index contributed by atoms with van der Waals surface area (Å²) in [5.74, 6) is 0. The van der Waals surface area contributed by atoms with Crippen molar-refractivity contribution in [3.63, 3.8) is 0 Å². The van der Waals surface area contributed by atoms with Crippen molar-refractivity contribution < 1.29 is 0 Å². The second kappa shape index (κ2) is 5.62. The molecular formula is C16H16BCl. The third-order valence-electron chi connectivity index (χ3n) is 3.29. The smallest absolute Gasteiger partial charge is 0.0904 e. The maximum absolute atomic E-state index is 6.15. The molecule has 90 valence electrons. The average molecular weight is 255 g/mol. The fourth-order valence-electron chi connectivity index (χ4n) is 2.17. The van der Waals surface area contributed by atoms with E-state index in [1.165, 1.54) is 22.3 Å². The largest absolute Gasteiger partial charge is 0.114 e. The number of rotatable bonds is 3. The maximum atomic E-state index is 6.15. The van der Waals surface area contributed by atoms with E-state index in [0.717, 1.165) is 23.3 Å². The first-order valence-corrected chi connectivity index (χ1v) is 6.70. The molecule has 0 amide bonds. The van der Waals surface area contributed by atoms with Crippen LogP contribution in [0.4, 0.5) is 0 Å². The Hall–Kier alpha value is -1.21. The van der Waals surface area contributed by atoms with Crippen LogP contribution in [0.2, 0.25) is 5.02 Å². The lowest BCUT2D eigenvalue weighted by Gasteiger charge is -2.13. The second-order valence-electron chi connectivity index (χ2n) is 4.42. The van der Waals surface area contributed by atoms with Crippen molar-refractivity contribution in [2.24, 2.45) is 0 Å². The average Bonchev–Trinajstić information content (AvgIpc) is 2.40. The monoisotopic (exact) mass is 254 g/mol. The van der Waals surface area contributed by atoms with Crippen LogP contribution in [-0.4, -0.2) is 7.85 Å². The van der Waals surface area contributed by atoms with E-state index in [9.17, 15) is 0 Å². The highest BCUT2D eigenvalue weighted by Crippen LogP contribution is 2.23. The van der Waals surface area contributed by atoms with Gasteiger partial charge in [-0.05, 0) is 36.1 Å². The van der Waals surface area contributed by atoms with Gasteiger partial charge in [-0.3, -0.25) is 0 Å². The van der Waals surface area contributed by atoms with Gasteiger partial charge < -0.3 is 0 Å². The molecule has 0 saturated heterocycles. The van der Waals surface area contributed by atoms with Crippen molar-refractivity contribution in [3.05, 3.63) is 52.5 Å². The van der Waals surface area contributed by atoms with E-state index in [0.29, 0.717) is 0 Å². The Kier molecular flexibility index (Phi) is 4.13. The normalized spacial score (nSPS) is 10.6. The zero-order valence-electron chi connectivity index (χ0n) is 10.8. The summed E-state index contributed by atoms with van der Waals surface area (Å²) in [6.07, 6.45) is 1.92. The van der Waals surface area contributed by atoms with Crippen LogP contribution in [0.25, 0.3) is 11.1 Å². The molecule has 0 heterocycles. The first kappa shape index (κ1) is 13.2. The van der Waals surface area contributed by atoms with Crippen LogP contribution in [0.15, 0.2) is 36.4 Å². The van der Waals surface area contributed by atoms with Gasteiger partial charge in [0.15, 0.2) is 0 Å². The van der Waals surface area contributed by atoms with Crippen LogP contribution in [0, 0.1) is 0 Å². The molecule has 0 fully saturated rings. The van der Waals surface area contributed by atoms with Crippen molar-refractivity contribution in [1.82, 2.24) is 0 Å². The first-order chi connectivity index (χ1) is 8.65. The third kappa shape index (κ3) is 2.62. The molecule has 0 aliphatic carbocycles. The van der Waals surface area contributed by atoms with Gasteiger partial charge in [-0.1, -0.05) is 66.3 Å². The summed E-state index contributed by atoms with van der Waals surface area (Å²) in [5, 5.41) is 0.764. The predicted octanol–water partition coefficient (Wildman–Crippen LogP) is 3.93. The van der Waals surface area contributed by atoms with Gasteiger partial charge in [0.1, 0.15) is 7.85 Å². The minimum absolute atomic E-state index is 0.764. The molecule has 0 saturated carbocycles. The molecule has 0 bridgehead atoms. The Bertz CT molecular complexity index is 519. The highest BCUT2D eigenvalue weighted by molar-refractivity contribution is 6.34. The summed E-state index contributed by atoms with van der Waals surface area (Å²) in [4.78, 5) is 0. The summed E-state index contributed by atoms with van der Waals surface area (Å²) >= 11 is 5.92. The minimum Gasteiger partial charge on any atom is -0.0904 e. The van der Waals surface area contributed by atoms with Crippen molar-refractivity contribution in [2.75, 3.05) is 0 Å². The molecular weight excluding hydrogens is 238 g/mol. The number of aryl methyl sites for hydroxylation is 2. The maximum Gasteiger partial charge on any atom is 0.114 e. The van der Waals surface area contributed by atoms with Gasteiger partial charge in [0, 0.05) is 5.02 Å². The molecule has 2 heteroatoms. The number of hydrogen-bond donors (Lipinski definition) is 0. The van der Waals surface area contributed by atoms with E-state index >= 15 is 0 Å². The zero-order valence-corrected chi connectivity index (χ0v) is 11.6. The van der Waals surface area contributed by atoms with Gasteiger partial charge >= 0.3 is 0 Å². The second-order valence-corrected chi connectivity index (χ2v) is 4.86. The Morgan fingerprint density at radius 1 is 0.889 bits per heavy atom. The van der Waals surface area contributed by atoms with E-state index in [2.05, 4.69) is 26.0 Å². The Balaban J connectivity index is 2.54. The highest BCUT2D eigenvalue weighted by atomic mass is 35.5. The molecule has 0 N–H and O–H groups in total. The predicted molar refractivity (Wildman–Crippen MR) is 81.0 cm³/mol. The molecule has 0 atom stereocenters. The standard InChI is InChI=1S/C16H16BCl/c1-3-11-9-14(10-12(4-2)16(11)17)13-5-7-15(18)8-6-13/h5-10H,3-4H2,1-2H3. The molecule has 0 spiro atoms.